The SMILES string of the molecule is CCNC1C(=O)Nc2cc(Sc3ncco3)c(Br)cc21. The Labute approximate surface area is 128 Å². The van der Waals surface area contributed by atoms with Gasteiger partial charge in [-0.3, -0.25) is 4.79 Å². The minimum Gasteiger partial charge on any atom is -0.440 e. The summed E-state index contributed by atoms with van der Waals surface area (Å²) in [6.07, 6.45) is 3.14. The minimum atomic E-state index is -0.285. The summed E-state index contributed by atoms with van der Waals surface area (Å²) in [7, 11) is 0. The molecule has 20 heavy (non-hydrogen) atoms. The van der Waals surface area contributed by atoms with Crippen LogP contribution in [0.25, 0.3) is 0 Å². The van der Waals surface area contributed by atoms with Gasteiger partial charge in [-0.2, -0.15) is 0 Å². The van der Waals surface area contributed by atoms with Gasteiger partial charge in [0.25, 0.3) is 5.22 Å². The Morgan fingerprint density at radius 1 is 1.55 bits per heavy atom. The fourth-order valence-corrected chi connectivity index (χ4v) is 3.44. The number of benzene rings is 1. The first-order valence-electron chi connectivity index (χ1n) is 6.14. The van der Waals surface area contributed by atoms with Gasteiger partial charge in [-0.1, -0.05) is 6.92 Å². The second kappa shape index (κ2) is 5.59. The van der Waals surface area contributed by atoms with E-state index in [9.17, 15) is 4.79 Å². The van der Waals surface area contributed by atoms with Crippen LogP contribution in [0.2, 0.25) is 0 Å². The molecule has 1 aliphatic heterocycles. The smallest absolute Gasteiger partial charge is 0.260 e. The molecule has 104 valence electrons. The summed E-state index contributed by atoms with van der Waals surface area (Å²) in [6, 6.07) is 3.61. The number of rotatable bonds is 4. The molecule has 0 radical (unpaired) electrons. The second-order valence-corrected chi connectivity index (χ2v) is 6.10. The fourth-order valence-electron chi connectivity index (χ4n) is 2.10. The predicted molar refractivity (Wildman–Crippen MR) is 79.8 cm³/mol. The Kier molecular flexibility index (Phi) is 3.82. The molecule has 1 unspecified atom stereocenters. The van der Waals surface area contributed by atoms with Gasteiger partial charge in [0.1, 0.15) is 12.3 Å². The first-order valence-corrected chi connectivity index (χ1v) is 7.75. The molecule has 5 nitrogen and oxygen atoms in total. The lowest BCUT2D eigenvalue weighted by atomic mass is 10.1. The van der Waals surface area contributed by atoms with Crippen molar-refractivity contribution in [2.75, 3.05) is 11.9 Å². The Morgan fingerprint density at radius 3 is 3.10 bits per heavy atom. The van der Waals surface area contributed by atoms with E-state index in [0.717, 1.165) is 27.2 Å². The molecule has 0 saturated carbocycles. The summed E-state index contributed by atoms with van der Waals surface area (Å²) in [5.74, 6) is -0.0213. The van der Waals surface area contributed by atoms with E-state index in [2.05, 4.69) is 31.5 Å². The van der Waals surface area contributed by atoms with Crippen molar-refractivity contribution in [1.29, 1.82) is 0 Å². The van der Waals surface area contributed by atoms with Gasteiger partial charge in [0.15, 0.2) is 0 Å². The molecular weight excluding hydrogens is 342 g/mol. The molecule has 0 bridgehead atoms. The average Bonchev–Trinajstić information content (AvgIpc) is 3.01. The largest absolute Gasteiger partial charge is 0.440 e. The van der Waals surface area contributed by atoms with Gasteiger partial charge in [-0.25, -0.2) is 4.98 Å². The summed E-state index contributed by atoms with van der Waals surface area (Å²) in [5, 5.41) is 6.63. The quantitative estimate of drug-likeness (QED) is 0.883. The molecule has 2 heterocycles. The zero-order chi connectivity index (χ0) is 14.1. The van der Waals surface area contributed by atoms with Crippen LogP contribution in [-0.2, 0) is 4.79 Å². The molecule has 2 aromatic rings. The third-order valence-electron chi connectivity index (χ3n) is 2.95. The van der Waals surface area contributed by atoms with Gasteiger partial charge in [0.05, 0.1) is 6.20 Å². The number of aromatic nitrogens is 1. The summed E-state index contributed by atoms with van der Waals surface area (Å²) in [5.41, 5.74) is 1.79. The van der Waals surface area contributed by atoms with Crippen molar-refractivity contribution < 1.29 is 9.21 Å². The number of anilines is 1. The average molecular weight is 354 g/mol. The van der Waals surface area contributed by atoms with Crippen LogP contribution in [0.5, 0.6) is 0 Å². The number of nitrogens with one attached hydrogen (secondary N) is 2. The molecule has 1 aromatic heterocycles. The monoisotopic (exact) mass is 353 g/mol. The fraction of sp³-hybridized carbons (Fsp3) is 0.231. The van der Waals surface area contributed by atoms with E-state index >= 15 is 0 Å². The van der Waals surface area contributed by atoms with Crippen molar-refractivity contribution in [3.05, 3.63) is 34.6 Å². The molecular formula is C13H12BrN3O2S. The Hall–Kier alpha value is -1.31. The summed E-state index contributed by atoms with van der Waals surface area (Å²) in [6.45, 7) is 2.72. The highest BCUT2D eigenvalue weighted by Gasteiger charge is 2.30. The summed E-state index contributed by atoms with van der Waals surface area (Å²) in [4.78, 5) is 17.0. The Morgan fingerprint density at radius 2 is 2.40 bits per heavy atom. The highest BCUT2D eigenvalue weighted by Crippen LogP contribution is 2.40. The van der Waals surface area contributed by atoms with Crippen molar-refractivity contribution >= 4 is 39.3 Å². The van der Waals surface area contributed by atoms with E-state index in [0.29, 0.717) is 5.22 Å². The maximum absolute atomic E-state index is 11.9. The zero-order valence-corrected chi connectivity index (χ0v) is 13.0. The summed E-state index contributed by atoms with van der Waals surface area (Å²) >= 11 is 4.94. The van der Waals surface area contributed by atoms with Crippen LogP contribution in [-0.4, -0.2) is 17.4 Å². The predicted octanol–water partition coefficient (Wildman–Crippen LogP) is 3.19. The van der Waals surface area contributed by atoms with Crippen molar-refractivity contribution in [2.45, 2.75) is 23.1 Å². The van der Waals surface area contributed by atoms with Crippen LogP contribution in [0.3, 0.4) is 0 Å². The van der Waals surface area contributed by atoms with E-state index in [1.165, 1.54) is 18.0 Å². The van der Waals surface area contributed by atoms with Crippen LogP contribution >= 0.6 is 27.7 Å². The molecule has 0 spiro atoms. The first kappa shape index (κ1) is 13.7. The normalized spacial score (nSPS) is 17.1. The van der Waals surface area contributed by atoms with Crippen molar-refractivity contribution in [3.63, 3.8) is 0 Å². The second-order valence-electron chi connectivity index (χ2n) is 4.25. The molecule has 1 aromatic carbocycles. The minimum absolute atomic E-state index is 0.0213. The molecule has 1 amide bonds. The molecule has 7 heteroatoms. The number of likely N-dealkylation sites (N-methyl/N-ethyl adjacent to an activating group) is 1. The van der Waals surface area contributed by atoms with Crippen LogP contribution in [0.15, 0.2) is 43.6 Å². The lowest BCUT2D eigenvalue weighted by Crippen LogP contribution is -2.27. The van der Waals surface area contributed by atoms with Crippen molar-refractivity contribution in [2.24, 2.45) is 0 Å². The Balaban J connectivity index is 1.93. The standard InChI is InChI=1S/C13H12BrN3O2S/c1-2-15-11-7-5-8(14)10(6-9(7)17-12(11)18)20-13-16-3-4-19-13/h3-6,11,15H,2H2,1H3,(H,17,18). The third kappa shape index (κ3) is 2.48. The number of carbonyl (C=O) groups is 1. The van der Waals surface area contributed by atoms with E-state index in [1.807, 2.05) is 19.1 Å². The van der Waals surface area contributed by atoms with Gasteiger partial charge in [-0.05, 0) is 46.4 Å². The molecule has 0 aliphatic carbocycles. The number of carbonyl (C=O) groups excluding carboxylic acids is 1. The van der Waals surface area contributed by atoms with Crippen molar-refractivity contribution in [3.8, 4) is 0 Å². The van der Waals surface area contributed by atoms with E-state index in [4.69, 9.17) is 4.42 Å². The highest BCUT2D eigenvalue weighted by molar-refractivity contribution is 9.10. The molecule has 1 aliphatic rings. The van der Waals surface area contributed by atoms with E-state index < -0.39 is 0 Å². The van der Waals surface area contributed by atoms with Gasteiger partial charge in [0.2, 0.25) is 5.91 Å². The molecule has 0 saturated heterocycles. The van der Waals surface area contributed by atoms with E-state index in [1.54, 1.807) is 6.20 Å². The van der Waals surface area contributed by atoms with E-state index in [-0.39, 0.29) is 11.9 Å². The van der Waals surface area contributed by atoms with Crippen LogP contribution < -0.4 is 10.6 Å². The van der Waals surface area contributed by atoms with Gasteiger partial charge in [0, 0.05) is 20.6 Å². The van der Waals surface area contributed by atoms with Crippen LogP contribution in [0.4, 0.5) is 5.69 Å². The molecule has 1 atom stereocenters. The van der Waals surface area contributed by atoms with Crippen LogP contribution in [0, 0.1) is 0 Å². The number of nitrogens with zero attached hydrogens (tertiary/aromatic N) is 1. The molecule has 3 rings (SSSR count). The molecule has 2 N–H and O–H groups in total. The highest BCUT2D eigenvalue weighted by atomic mass is 79.9. The Bertz CT molecular complexity index is 645. The number of oxazole rings is 1. The number of fused-ring (bicyclic) bond motifs is 1. The third-order valence-corrected chi connectivity index (χ3v) is 4.80. The van der Waals surface area contributed by atoms with Gasteiger partial charge < -0.3 is 15.1 Å². The maximum Gasteiger partial charge on any atom is 0.260 e. The lowest BCUT2D eigenvalue weighted by Gasteiger charge is -2.10. The zero-order valence-electron chi connectivity index (χ0n) is 10.6. The number of hydrogen-bond acceptors (Lipinski definition) is 5. The number of amides is 1. The van der Waals surface area contributed by atoms with Crippen LogP contribution in [0.1, 0.15) is 18.5 Å². The van der Waals surface area contributed by atoms with Gasteiger partial charge >= 0.3 is 0 Å². The summed E-state index contributed by atoms with van der Waals surface area (Å²) < 4.78 is 6.14. The topological polar surface area (TPSA) is 67.2 Å². The number of hydrogen-bond donors (Lipinski definition) is 2. The lowest BCUT2D eigenvalue weighted by molar-refractivity contribution is -0.117. The first-order chi connectivity index (χ1) is 9.69. The maximum atomic E-state index is 11.9. The molecule has 0 fully saturated rings. The van der Waals surface area contributed by atoms with Crippen molar-refractivity contribution in [1.82, 2.24) is 10.3 Å². The van der Waals surface area contributed by atoms with Gasteiger partial charge in [-0.15, -0.1) is 0 Å². The number of halogens is 1.